The summed E-state index contributed by atoms with van der Waals surface area (Å²) in [5.74, 6) is 2.05. The molecule has 0 atom stereocenters. The second-order valence-electron chi connectivity index (χ2n) is 5.94. The minimum atomic E-state index is 0.236. The zero-order valence-corrected chi connectivity index (χ0v) is 13.9. The molecule has 2 aromatic heterocycles. The molecule has 0 spiro atoms. The van der Waals surface area contributed by atoms with Gasteiger partial charge in [-0.2, -0.15) is 4.98 Å². The number of rotatable bonds is 3. The van der Waals surface area contributed by atoms with Crippen molar-refractivity contribution >= 4 is 22.6 Å². The van der Waals surface area contributed by atoms with E-state index in [0.29, 0.717) is 23.0 Å². The quantitative estimate of drug-likeness (QED) is 0.599. The van der Waals surface area contributed by atoms with Crippen molar-refractivity contribution in [3.05, 3.63) is 54.4 Å². The molecule has 0 saturated carbocycles. The second kappa shape index (κ2) is 5.73. The Bertz CT molecular complexity index is 1120. The van der Waals surface area contributed by atoms with E-state index in [-0.39, 0.29) is 6.79 Å². The molecule has 0 radical (unpaired) electrons. The molecule has 1 aliphatic rings. The van der Waals surface area contributed by atoms with Gasteiger partial charge in [0.05, 0.1) is 0 Å². The zero-order valence-electron chi connectivity index (χ0n) is 13.9. The van der Waals surface area contributed by atoms with Crippen LogP contribution in [0.25, 0.3) is 22.4 Å². The first-order chi connectivity index (χ1) is 12.8. The third-order valence-electron chi connectivity index (χ3n) is 4.31. The number of nitrogens with zero attached hydrogens (tertiary/aromatic N) is 3. The van der Waals surface area contributed by atoms with E-state index in [2.05, 4.69) is 20.4 Å². The average molecular weight is 346 g/mol. The van der Waals surface area contributed by atoms with E-state index in [4.69, 9.17) is 14.0 Å². The smallest absolute Gasteiger partial charge is 0.263 e. The van der Waals surface area contributed by atoms with Crippen LogP contribution in [0.15, 0.2) is 53.3 Å². The number of ether oxygens (including phenoxy) is 2. The van der Waals surface area contributed by atoms with E-state index >= 15 is 0 Å². The maximum Gasteiger partial charge on any atom is 0.263 e. The highest BCUT2D eigenvalue weighted by Gasteiger charge is 2.19. The van der Waals surface area contributed by atoms with E-state index < -0.39 is 0 Å². The van der Waals surface area contributed by atoms with Gasteiger partial charge >= 0.3 is 0 Å². The Labute approximate surface area is 148 Å². The molecule has 5 rings (SSSR count). The zero-order chi connectivity index (χ0) is 17.5. The second-order valence-corrected chi connectivity index (χ2v) is 5.94. The normalized spacial score (nSPS) is 12.5. The molecule has 128 valence electrons. The molecule has 7 nitrogen and oxygen atoms in total. The largest absolute Gasteiger partial charge is 0.454 e. The highest BCUT2D eigenvalue weighted by atomic mass is 16.7. The predicted molar refractivity (Wildman–Crippen MR) is 95.6 cm³/mol. The first-order valence-electron chi connectivity index (χ1n) is 8.12. The van der Waals surface area contributed by atoms with Crippen LogP contribution in [-0.2, 0) is 0 Å². The van der Waals surface area contributed by atoms with Gasteiger partial charge < -0.3 is 19.3 Å². The molecule has 0 amide bonds. The molecule has 1 N–H and O–H groups in total. The molecule has 0 saturated heterocycles. The van der Waals surface area contributed by atoms with E-state index in [1.165, 1.54) is 6.33 Å². The highest BCUT2D eigenvalue weighted by Crippen LogP contribution is 2.37. The van der Waals surface area contributed by atoms with Crippen LogP contribution in [0, 0.1) is 6.92 Å². The van der Waals surface area contributed by atoms with Crippen molar-refractivity contribution < 1.29 is 14.0 Å². The molecule has 0 bridgehead atoms. The molecule has 7 heteroatoms. The summed E-state index contributed by atoms with van der Waals surface area (Å²) in [6.45, 7) is 2.27. The molecule has 4 aromatic rings. The number of hydrogen-bond acceptors (Lipinski definition) is 7. The van der Waals surface area contributed by atoms with Gasteiger partial charge in [-0.3, -0.25) is 0 Å². The van der Waals surface area contributed by atoms with Crippen LogP contribution in [0.5, 0.6) is 11.5 Å². The summed E-state index contributed by atoms with van der Waals surface area (Å²) in [6, 6.07) is 13.6. The number of aromatic nitrogens is 3. The van der Waals surface area contributed by atoms with Gasteiger partial charge in [0, 0.05) is 17.3 Å². The topological polar surface area (TPSA) is 82.3 Å². The van der Waals surface area contributed by atoms with Crippen LogP contribution in [0.4, 0.5) is 11.5 Å². The van der Waals surface area contributed by atoms with Crippen LogP contribution in [0.2, 0.25) is 0 Å². The summed E-state index contributed by atoms with van der Waals surface area (Å²) in [5, 5.41) is 8.27. The monoisotopic (exact) mass is 346 g/mol. The van der Waals surface area contributed by atoms with E-state index in [1.54, 1.807) is 0 Å². The average Bonchev–Trinajstić information content (AvgIpc) is 3.29. The van der Waals surface area contributed by atoms with Gasteiger partial charge in [-0.1, -0.05) is 29.4 Å². The van der Waals surface area contributed by atoms with Gasteiger partial charge in [0.2, 0.25) is 6.79 Å². The fourth-order valence-electron chi connectivity index (χ4n) is 3.01. The fraction of sp³-hybridized carbons (Fsp3) is 0.105. The number of fused-ring (bicyclic) bond motifs is 2. The van der Waals surface area contributed by atoms with Crippen LogP contribution in [0.3, 0.4) is 0 Å². The summed E-state index contributed by atoms with van der Waals surface area (Å²) in [4.78, 5) is 8.58. The Hall–Kier alpha value is -3.61. The lowest BCUT2D eigenvalue weighted by Gasteiger charge is -2.08. The Morgan fingerprint density at radius 3 is 2.81 bits per heavy atom. The number of aryl methyl sites for hydroxylation is 1. The Balaban J connectivity index is 1.62. The van der Waals surface area contributed by atoms with Gasteiger partial charge in [-0.15, -0.1) is 0 Å². The molecule has 1 aliphatic heterocycles. The van der Waals surface area contributed by atoms with E-state index in [0.717, 1.165) is 28.0 Å². The number of nitrogens with one attached hydrogen (secondary N) is 1. The summed E-state index contributed by atoms with van der Waals surface area (Å²) >= 11 is 0. The molecule has 2 aromatic carbocycles. The molecule has 0 unspecified atom stereocenters. The first-order valence-corrected chi connectivity index (χ1v) is 8.12. The van der Waals surface area contributed by atoms with Crippen LogP contribution in [-0.4, -0.2) is 21.9 Å². The van der Waals surface area contributed by atoms with Crippen molar-refractivity contribution in [2.75, 3.05) is 12.1 Å². The minimum Gasteiger partial charge on any atom is -0.454 e. The maximum atomic E-state index is 5.43. The van der Waals surface area contributed by atoms with E-state index in [9.17, 15) is 0 Å². The number of benzene rings is 2. The number of hydrogen-bond donors (Lipinski definition) is 1. The first kappa shape index (κ1) is 14.7. The summed E-state index contributed by atoms with van der Waals surface area (Å²) in [7, 11) is 0. The lowest BCUT2D eigenvalue weighted by Crippen LogP contribution is -1.96. The van der Waals surface area contributed by atoms with Crippen LogP contribution < -0.4 is 14.8 Å². The Morgan fingerprint density at radius 1 is 1.00 bits per heavy atom. The molecule has 26 heavy (non-hydrogen) atoms. The molecular formula is C19H14N4O3. The van der Waals surface area contributed by atoms with Crippen molar-refractivity contribution in [3.63, 3.8) is 0 Å². The molecule has 0 aliphatic carbocycles. The number of anilines is 2. The third-order valence-corrected chi connectivity index (χ3v) is 4.31. The molecule has 3 heterocycles. The SMILES string of the molecule is Cc1ccccc1-c1noc2ncnc(Nc3ccc4c(c3)OCO4)c12. The lowest BCUT2D eigenvalue weighted by atomic mass is 10.0. The summed E-state index contributed by atoms with van der Waals surface area (Å²) < 4.78 is 16.2. The standard InChI is InChI=1S/C19H14N4O3/c1-11-4-2-3-5-13(11)17-16-18(20-9-21-19(16)26-23-17)22-12-6-7-14-15(8-12)25-10-24-14/h2-9H,10H2,1H3,(H,20,21,22). The maximum absolute atomic E-state index is 5.43. The highest BCUT2D eigenvalue weighted by molar-refractivity contribution is 5.99. The van der Waals surface area contributed by atoms with Gasteiger partial charge in [0.15, 0.2) is 11.5 Å². The summed E-state index contributed by atoms with van der Waals surface area (Å²) in [6.07, 6.45) is 1.45. The molecule has 0 fully saturated rings. The lowest BCUT2D eigenvalue weighted by molar-refractivity contribution is 0.174. The van der Waals surface area contributed by atoms with E-state index in [1.807, 2.05) is 49.4 Å². The van der Waals surface area contributed by atoms with Gasteiger partial charge in [0.1, 0.15) is 23.2 Å². The fourth-order valence-corrected chi connectivity index (χ4v) is 3.01. The van der Waals surface area contributed by atoms with Gasteiger partial charge in [-0.05, 0) is 24.6 Å². The van der Waals surface area contributed by atoms with Gasteiger partial charge in [-0.25, -0.2) is 4.98 Å². The minimum absolute atomic E-state index is 0.236. The van der Waals surface area contributed by atoms with Gasteiger partial charge in [0.25, 0.3) is 5.71 Å². The van der Waals surface area contributed by atoms with Crippen molar-refractivity contribution in [1.29, 1.82) is 0 Å². The Kier molecular flexibility index (Phi) is 3.24. The van der Waals surface area contributed by atoms with Crippen molar-refractivity contribution in [3.8, 4) is 22.8 Å². The van der Waals surface area contributed by atoms with Crippen molar-refractivity contribution in [2.45, 2.75) is 6.92 Å². The van der Waals surface area contributed by atoms with Crippen LogP contribution in [0.1, 0.15) is 5.56 Å². The predicted octanol–water partition coefficient (Wildman–Crippen LogP) is 4.07. The van der Waals surface area contributed by atoms with Crippen molar-refractivity contribution in [1.82, 2.24) is 15.1 Å². The van der Waals surface area contributed by atoms with Crippen molar-refractivity contribution in [2.24, 2.45) is 0 Å². The summed E-state index contributed by atoms with van der Waals surface area (Å²) in [5.41, 5.74) is 4.05. The van der Waals surface area contributed by atoms with Crippen LogP contribution >= 0.6 is 0 Å². The Morgan fingerprint density at radius 2 is 1.88 bits per heavy atom. The third kappa shape index (κ3) is 2.33. The molecular weight excluding hydrogens is 332 g/mol.